The summed E-state index contributed by atoms with van der Waals surface area (Å²) in [6.45, 7) is 1.45. The molecule has 6 aromatic rings. The average molecular weight is 786 g/mol. The summed E-state index contributed by atoms with van der Waals surface area (Å²) >= 11 is 0. The van der Waals surface area contributed by atoms with Crippen molar-refractivity contribution in [2.75, 3.05) is 0 Å². The van der Waals surface area contributed by atoms with Crippen LogP contribution >= 0.6 is 0 Å². The molecule has 4 nitrogen and oxygen atoms in total. The molecule has 0 spiro atoms. The summed E-state index contributed by atoms with van der Waals surface area (Å²) in [6.07, 6.45) is 5.26. The first-order valence-corrected chi connectivity index (χ1v) is 19.7. The first-order valence-electron chi connectivity index (χ1n) is 19.7. The Bertz CT molecular complexity index is 2240. The number of nitrogens with zero attached hydrogens (tertiary/aromatic N) is 1. The predicted octanol–water partition coefficient (Wildman–Crippen LogP) is 14.5. The number of alkyl halides is 2. The molecule has 0 bridgehead atoms. The van der Waals surface area contributed by atoms with Gasteiger partial charge in [0.15, 0.2) is 23.1 Å². The van der Waals surface area contributed by atoms with Crippen LogP contribution in [0.3, 0.4) is 0 Å². The van der Waals surface area contributed by atoms with E-state index in [9.17, 15) is 18.4 Å². The minimum Gasteiger partial charge on any atom is -0.454 e. The van der Waals surface area contributed by atoms with Gasteiger partial charge in [-0.25, -0.2) is 8.78 Å². The van der Waals surface area contributed by atoms with Crippen LogP contribution in [0.25, 0.3) is 0 Å². The molecule has 8 heteroatoms. The molecule has 6 rings (SSSR count). The molecule has 298 valence electrons. The van der Waals surface area contributed by atoms with Gasteiger partial charge in [0, 0.05) is 0 Å². The van der Waals surface area contributed by atoms with Crippen LogP contribution < -0.4 is 14.2 Å². The molecule has 6 aromatic carbocycles. The minimum atomic E-state index is -2.90. The normalized spacial score (nSPS) is 13.3. The summed E-state index contributed by atoms with van der Waals surface area (Å²) in [7, 11) is 0. The number of hydrogen-bond donors (Lipinski definition) is 0. The lowest BCUT2D eigenvalue weighted by molar-refractivity contribution is -0.0498. The second-order valence-electron chi connectivity index (χ2n) is 14.9. The Morgan fingerprint density at radius 1 is 0.638 bits per heavy atom. The average Bonchev–Trinajstić information content (AvgIpc) is 3.23. The lowest BCUT2D eigenvalue weighted by Gasteiger charge is -2.35. The third-order valence-corrected chi connectivity index (χ3v) is 10.9. The molecule has 0 aliphatic rings. The molecule has 0 heterocycles. The van der Waals surface area contributed by atoms with E-state index in [2.05, 4.69) is 24.7 Å². The SMILES string of the molecule is CCC(CCC(CC(C)(CCCc1ccc(F)c(Oc2ccccc2)c1)c1ccc(C#N)cc1)c1ccc(F)c(Oc2ccccc2)c1)c1ccc(OC(F)F)cc1. The highest BCUT2D eigenvalue weighted by molar-refractivity contribution is 5.40. The number of halogens is 4. The quantitative estimate of drug-likeness (QED) is 0.0768. The molecule has 3 unspecified atom stereocenters. The first kappa shape index (κ1) is 41.6. The molecule has 0 aliphatic carbocycles. The van der Waals surface area contributed by atoms with Gasteiger partial charge in [-0.3, -0.25) is 0 Å². The zero-order chi connectivity index (χ0) is 40.9. The molecule has 58 heavy (non-hydrogen) atoms. The Hall–Kier alpha value is -6.07. The summed E-state index contributed by atoms with van der Waals surface area (Å²) in [4.78, 5) is 0. The van der Waals surface area contributed by atoms with Gasteiger partial charge in [-0.15, -0.1) is 0 Å². The van der Waals surface area contributed by atoms with Crippen molar-refractivity contribution < 1.29 is 31.8 Å². The van der Waals surface area contributed by atoms with Gasteiger partial charge < -0.3 is 14.2 Å². The van der Waals surface area contributed by atoms with Crippen LogP contribution in [0, 0.1) is 23.0 Å². The van der Waals surface area contributed by atoms with Gasteiger partial charge in [-0.2, -0.15) is 14.0 Å². The van der Waals surface area contributed by atoms with E-state index < -0.39 is 23.7 Å². The van der Waals surface area contributed by atoms with Gasteiger partial charge in [-0.1, -0.05) is 86.6 Å². The lowest BCUT2D eigenvalue weighted by Crippen LogP contribution is -2.26. The Morgan fingerprint density at radius 3 is 1.79 bits per heavy atom. The lowest BCUT2D eigenvalue weighted by atomic mass is 9.69. The Morgan fingerprint density at radius 2 is 1.21 bits per heavy atom. The molecule has 0 fully saturated rings. The van der Waals surface area contributed by atoms with Crippen molar-refractivity contribution in [1.82, 2.24) is 0 Å². The molecule has 0 saturated heterocycles. The summed E-state index contributed by atoms with van der Waals surface area (Å²) in [5, 5.41) is 9.61. The number of para-hydroxylation sites is 2. The van der Waals surface area contributed by atoms with E-state index >= 15 is 4.39 Å². The Balaban J connectivity index is 1.29. The first-order chi connectivity index (χ1) is 28.1. The van der Waals surface area contributed by atoms with Gasteiger partial charge in [0.25, 0.3) is 0 Å². The second-order valence-corrected chi connectivity index (χ2v) is 14.9. The summed E-state index contributed by atoms with van der Waals surface area (Å²) in [6, 6.07) is 45.1. The minimum absolute atomic E-state index is 0.0495. The van der Waals surface area contributed by atoms with Gasteiger partial charge in [0.2, 0.25) is 0 Å². The molecule has 0 N–H and O–H groups in total. The second kappa shape index (κ2) is 19.9. The van der Waals surface area contributed by atoms with Crippen molar-refractivity contribution >= 4 is 0 Å². The fraction of sp³-hybridized carbons (Fsp3) is 0.260. The number of aryl methyl sites for hydroxylation is 1. The van der Waals surface area contributed by atoms with Crippen molar-refractivity contribution in [3.8, 4) is 34.8 Å². The highest BCUT2D eigenvalue weighted by Gasteiger charge is 2.32. The van der Waals surface area contributed by atoms with Gasteiger partial charge in [0.1, 0.15) is 17.2 Å². The molecule has 0 amide bonds. The van der Waals surface area contributed by atoms with Crippen LogP contribution in [0.2, 0.25) is 0 Å². The zero-order valence-corrected chi connectivity index (χ0v) is 32.7. The smallest absolute Gasteiger partial charge is 0.387 e. The molecule has 3 atom stereocenters. The third kappa shape index (κ3) is 11.3. The predicted molar refractivity (Wildman–Crippen MR) is 220 cm³/mol. The maximum Gasteiger partial charge on any atom is 0.387 e. The van der Waals surface area contributed by atoms with Crippen LogP contribution in [0.4, 0.5) is 17.6 Å². The standard InChI is InChI=1S/C50H47F4NO3/c1-3-37(38-21-26-44(27-22-38)58-49(53)54)19-20-40(39-23-29-46(52)48(32-39)57-43-14-8-5-9-15-43)33-50(2,41-24-16-36(34-55)17-25-41)30-10-11-35-18-28-45(51)47(31-35)56-42-12-6-4-7-13-42/h4-9,12-18,21-29,31-32,37,40,49H,3,10-11,19-20,30,33H2,1-2H3. The van der Waals surface area contributed by atoms with E-state index in [1.54, 1.807) is 54.6 Å². The molecule has 0 aromatic heterocycles. The van der Waals surface area contributed by atoms with E-state index in [1.807, 2.05) is 78.9 Å². The van der Waals surface area contributed by atoms with Gasteiger partial charge in [-0.05, 0) is 157 Å². The van der Waals surface area contributed by atoms with Crippen LogP contribution in [0.5, 0.6) is 28.7 Å². The Kier molecular flexibility index (Phi) is 14.2. The van der Waals surface area contributed by atoms with E-state index in [-0.39, 0.29) is 29.1 Å². The van der Waals surface area contributed by atoms with E-state index in [4.69, 9.17) is 9.47 Å². The number of benzene rings is 6. The Labute approximate surface area is 338 Å². The van der Waals surface area contributed by atoms with Crippen molar-refractivity contribution in [1.29, 1.82) is 5.26 Å². The summed E-state index contributed by atoms with van der Waals surface area (Å²) in [5.74, 6) is 0.694. The van der Waals surface area contributed by atoms with E-state index in [1.165, 1.54) is 12.1 Å². The fourth-order valence-corrected chi connectivity index (χ4v) is 7.72. The number of nitriles is 1. The maximum atomic E-state index is 15.4. The topological polar surface area (TPSA) is 51.5 Å². The van der Waals surface area contributed by atoms with Gasteiger partial charge in [0.05, 0.1) is 11.6 Å². The van der Waals surface area contributed by atoms with E-state index in [0.717, 1.165) is 54.4 Å². The molecule has 0 aliphatic heterocycles. The molecule has 0 radical (unpaired) electrons. The van der Waals surface area contributed by atoms with Crippen LogP contribution in [-0.2, 0) is 11.8 Å². The number of hydrogen-bond acceptors (Lipinski definition) is 4. The van der Waals surface area contributed by atoms with Crippen LogP contribution in [0.1, 0.15) is 92.0 Å². The van der Waals surface area contributed by atoms with Crippen LogP contribution in [-0.4, -0.2) is 6.61 Å². The van der Waals surface area contributed by atoms with E-state index in [0.29, 0.717) is 29.9 Å². The number of ether oxygens (including phenoxy) is 3. The molecule has 0 saturated carbocycles. The van der Waals surface area contributed by atoms with Gasteiger partial charge >= 0.3 is 6.61 Å². The zero-order valence-electron chi connectivity index (χ0n) is 32.7. The maximum absolute atomic E-state index is 15.4. The van der Waals surface area contributed by atoms with Crippen molar-refractivity contribution in [3.05, 3.63) is 185 Å². The molecular weight excluding hydrogens is 739 g/mol. The summed E-state index contributed by atoms with van der Waals surface area (Å²) < 4.78 is 72.5. The molecular formula is C50H47F4NO3. The monoisotopic (exact) mass is 785 g/mol. The highest BCUT2D eigenvalue weighted by atomic mass is 19.3. The third-order valence-electron chi connectivity index (χ3n) is 10.9. The highest BCUT2D eigenvalue weighted by Crippen LogP contribution is 2.44. The van der Waals surface area contributed by atoms with Crippen molar-refractivity contribution in [2.45, 2.75) is 82.7 Å². The van der Waals surface area contributed by atoms with Crippen LogP contribution in [0.15, 0.2) is 146 Å². The summed E-state index contributed by atoms with van der Waals surface area (Å²) in [5.41, 5.74) is 4.16. The largest absolute Gasteiger partial charge is 0.454 e. The number of rotatable bonds is 19. The van der Waals surface area contributed by atoms with Crippen molar-refractivity contribution in [2.24, 2.45) is 0 Å². The fourth-order valence-electron chi connectivity index (χ4n) is 7.72. The van der Waals surface area contributed by atoms with Crippen molar-refractivity contribution in [3.63, 3.8) is 0 Å².